The number of phosphoric ester groups is 1. The summed E-state index contributed by atoms with van der Waals surface area (Å²) in [5.41, 5.74) is 10.9. The summed E-state index contributed by atoms with van der Waals surface area (Å²) in [6.45, 7) is -1.67. The van der Waals surface area contributed by atoms with E-state index in [0.717, 1.165) is 21.8 Å². The maximum Gasteiger partial charge on any atom is 0.312 e. The molecule has 43 heavy (non-hydrogen) atoms. The lowest BCUT2D eigenvalue weighted by atomic mass is 10.1. The molecule has 4 aromatic rings. The van der Waals surface area contributed by atoms with E-state index in [-0.39, 0.29) is 34.0 Å². The molecule has 6 rings (SSSR count). The summed E-state index contributed by atoms with van der Waals surface area (Å²) in [5, 5.41) is 41.8. The van der Waals surface area contributed by atoms with Crippen LogP contribution in [-0.2, 0) is 23.1 Å². The van der Waals surface area contributed by atoms with Crippen LogP contribution in [0.5, 0.6) is 0 Å². The third-order valence-electron chi connectivity index (χ3n) is 6.86. The van der Waals surface area contributed by atoms with E-state index in [0.29, 0.717) is 0 Å². The Morgan fingerprint density at radius 2 is 1.19 bits per heavy atom. The topological polar surface area (TPSA) is 297 Å². The number of nitrogens with zero attached hydrogens (tertiary/aromatic N) is 8. The first-order valence-corrected chi connectivity index (χ1v) is 13.7. The van der Waals surface area contributed by atoms with Crippen molar-refractivity contribution in [1.29, 1.82) is 0 Å². The fraction of sp³-hybridized carbons (Fsp3) is 0.500. The number of aromatic nitrogens is 8. The zero-order valence-electron chi connectivity index (χ0n) is 21.4. The zero-order chi connectivity index (χ0) is 30.8. The van der Waals surface area contributed by atoms with Crippen LogP contribution in [0.3, 0.4) is 0 Å². The minimum Gasteiger partial charge on any atom is -0.756 e. The number of ether oxygens (including phenoxy) is 2. The maximum atomic E-state index is 13.7. The SMILES string of the molecule is Nc1nc(F)nc2c1ncn2[C@@H]1O[C@H](COP(=O)([O-])OC[C@H]2O[C@@H](n3cnc4c(N)nc(F)nc43)[C@H](O)C2O)[C@H](O)C1O. The van der Waals surface area contributed by atoms with E-state index < -0.39 is 82.3 Å². The van der Waals surface area contributed by atoms with Gasteiger partial charge in [0.25, 0.3) is 7.82 Å². The van der Waals surface area contributed by atoms with Crippen molar-refractivity contribution in [2.75, 3.05) is 24.7 Å². The number of aliphatic hydroxyl groups excluding tert-OH is 4. The van der Waals surface area contributed by atoms with Crippen LogP contribution in [0.2, 0.25) is 0 Å². The van der Waals surface area contributed by atoms with Gasteiger partial charge >= 0.3 is 12.2 Å². The highest BCUT2D eigenvalue weighted by atomic mass is 31.2. The van der Waals surface area contributed by atoms with Crippen molar-refractivity contribution >= 4 is 41.8 Å². The molecule has 2 saturated heterocycles. The van der Waals surface area contributed by atoms with Crippen LogP contribution < -0.4 is 16.4 Å². The number of hydrogen-bond acceptors (Lipinski definition) is 18. The molecule has 9 atom stereocenters. The number of rotatable bonds is 8. The smallest absolute Gasteiger partial charge is 0.312 e. The van der Waals surface area contributed by atoms with Crippen LogP contribution in [0, 0.1) is 12.2 Å². The van der Waals surface area contributed by atoms with Gasteiger partial charge in [-0.1, -0.05) is 0 Å². The molecule has 20 nitrogen and oxygen atoms in total. The Kier molecular flexibility index (Phi) is 7.45. The van der Waals surface area contributed by atoms with Gasteiger partial charge in [-0.3, -0.25) is 13.7 Å². The minimum absolute atomic E-state index is 0.00156. The monoisotopic (exact) mass is 631 g/mol. The van der Waals surface area contributed by atoms with E-state index in [1.54, 1.807) is 0 Å². The number of phosphoric acid groups is 1. The predicted octanol–water partition coefficient (Wildman–Crippen LogP) is -3.15. The van der Waals surface area contributed by atoms with Crippen molar-refractivity contribution in [2.45, 2.75) is 49.1 Å². The van der Waals surface area contributed by atoms with Crippen molar-refractivity contribution in [2.24, 2.45) is 0 Å². The molecular weight excluding hydrogens is 609 g/mol. The van der Waals surface area contributed by atoms with Gasteiger partial charge in [0.1, 0.15) is 36.6 Å². The molecule has 0 amide bonds. The second-order valence-corrected chi connectivity index (χ2v) is 10.9. The highest BCUT2D eigenvalue weighted by Gasteiger charge is 2.46. The van der Waals surface area contributed by atoms with Crippen molar-refractivity contribution < 1.29 is 57.2 Å². The number of fused-ring (bicyclic) bond motifs is 2. The molecule has 2 fully saturated rings. The Morgan fingerprint density at radius 3 is 1.58 bits per heavy atom. The molecule has 23 heteroatoms. The lowest BCUT2D eigenvalue weighted by molar-refractivity contribution is -0.231. The van der Waals surface area contributed by atoms with Gasteiger partial charge in [0.2, 0.25) is 0 Å². The summed E-state index contributed by atoms with van der Waals surface area (Å²) < 4.78 is 62.7. The van der Waals surface area contributed by atoms with Crippen molar-refractivity contribution in [1.82, 2.24) is 39.0 Å². The first kappa shape index (κ1) is 29.5. The molecule has 0 aliphatic carbocycles. The van der Waals surface area contributed by atoms with Gasteiger partial charge in [0, 0.05) is 0 Å². The zero-order valence-corrected chi connectivity index (χ0v) is 22.3. The highest BCUT2D eigenvalue weighted by molar-refractivity contribution is 7.45. The molecule has 0 spiro atoms. The van der Waals surface area contributed by atoms with E-state index in [9.17, 15) is 38.7 Å². The summed E-state index contributed by atoms with van der Waals surface area (Å²) in [5.74, 6) is -0.556. The number of imidazole rings is 2. The molecule has 8 N–H and O–H groups in total. The summed E-state index contributed by atoms with van der Waals surface area (Å²) in [7, 11) is -5.16. The van der Waals surface area contributed by atoms with E-state index in [1.165, 1.54) is 0 Å². The quantitative estimate of drug-likeness (QED) is 0.0826. The maximum absolute atomic E-state index is 13.7. The Balaban J connectivity index is 1.08. The highest BCUT2D eigenvalue weighted by Crippen LogP contribution is 2.42. The molecule has 0 saturated carbocycles. The number of anilines is 2. The summed E-state index contributed by atoms with van der Waals surface area (Å²) >= 11 is 0. The molecule has 6 heterocycles. The Hall–Kier alpha value is -3.57. The van der Waals surface area contributed by atoms with Gasteiger partial charge in [-0.25, -0.2) is 9.97 Å². The predicted molar refractivity (Wildman–Crippen MR) is 131 cm³/mol. The molecule has 3 unspecified atom stereocenters. The first-order valence-electron chi connectivity index (χ1n) is 12.3. The average molecular weight is 631 g/mol. The summed E-state index contributed by atoms with van der Waals surface area (Å²) in [4.78, 5) is 34.1. The van der Waals surface area contributed by atoms with Crippen LogP contribution in [0.15, 0.2) is 12.7 Å². The second-order valence-electron chi connectivity index (χ2n) is 9.54. The largest absolute Gasteiger partial charge is 0.756 e. The van der Waals surface area contributed by atoms with Gasteiger partial charge < -0.3 is 55.3 Å². The van der Waals surface area contributed by atoms with Gasteiger partial charge in [-0.05, 0) is 0 Å². The number of aliphatic hydroxyl groups is 4. The standard InChI is InChI=1S/C20H23F2N10O10P/c21-19-27-13(23)7-15(29-19)31(3-25-7)17-11(35)9(33)5(41-17)1-39-43(37,38)40-2-6-10(34)12(36)18(42-6)32-4-26-8-14(24)28-20(22)30-16(8)32/h3-6,9-12,17-18,33-36H,1-2H2,(H,37,38)(H2,23,27,29)(H2,24,28,30)/p-1/t5-,6-,9+,10?,11?,12-,17-,18-/m1/s1. The van der Waals surface area contributed by atoms with Gasteiger partial charge in [0.05, 0.1) is 25.9 Å². The number of hydrogen-bond donors (Lipinski definition) is 6. The van der Waals surface area contributed by atoms with Crippen molar-refractivity contribution in [3.05, 3.63) is 24.8 Å². The number of halogens is 2. The summed E-state index contributed by atoms with van der Waals surface area (Å²) in [6, 6.07) is 0. The molecule has 2 aliphatic rings. The molecule has 0 bridgehead atoms. The molecule has 2 aliphatic heterocycles. The fourth-order valence-electron chi connectivity index (χ4n) is 4.75. The normalized spacial score (nSPS) is 30.9. The van der Waals surface area contributed by atoms with Crippen LogP contribution in [0.25, 0.3) is 22.3 Å². The molecule has 0 aromatic carbocycles. The van der Waals surface area contributed by atoms with Crippen molar-refractivity contribution in [3.63, 3.8) is 0 Å². The van der Waals surface area contributed by atoms with Gasteiger partial charge in [-0.2, -0.15) is 28.7 Å². The summed E-state index contributed by atoms with van der Waals surface area (Å²) in [6.07, 6.45) is -12.4. The van der Waals surface area contributed by atoms with Gasteiger partial charge in [-0.15, -0.1) is 0 Å². The second kappa shape index (κ2) is 10.9. The molecule has 4 aromatic heterocycles. The third-order valence-corrected chi connectivity index (χ3v) is 7.79. The van der Waals surface area contributed by atoms with E-state index in [4.69, 9.17) is 30.0 Å². The Bertz CT molecular complexity index is 1610. The Labute approximate surface area is 237 Å². The van der Waals surface area contributed by atoms with Crippen LogP contribution in [-0.4, -0.2) is 109 Å². The van der Waals surface area contributed by atoms with Crippen LogP contribution in [0.1, 0.15) is 12.5 Å². The Morgan fingerprint density at radius 1 is 0.791 bits per heavy atom. The minimum atomic E-state index is -5.16. The lowest BCUT2D eigenvalue weighted by Gasteiger charge is -2.26. The number of nitrogen functional groups attached to an aromatic ring is 2. The number of nitrogens with two attached hydrogens (primary N) is 2. The van der Waals surface area contributed by atoms with Crippen molar-refractivity contribution in [3.8, 4) is 0 Å². The van der Waals surface area contributed by atoms with E-state index >= 15 is 0 Å². The van der Waals surface area contributed by atoms with E-state index in [2.05, 4.69) is 29.9 Å². The third kappa shape index (κ3) is 5.26. The lowest BCUT2D eigenvalue weighted by Crippen LogP contribution is -2.35. The molecular formula is C20H22F2N10O10P-. The fourth-order valence-corrected chi connectivity index (χ4v) is 5.49. The molecule has 232 valence electrons. The van der Waals surface area contributed by atoms with Gasteiger partial charge in [0.15, 0.2) is 46.4 Å². The first-order chi connectivity index (χ1) is 20.3. The molecule has 0 radical (unpaired) electrons. The van der Waals surface area contributed by atoms with Crippen LogP contribution in [0.4, 0.5) is 20.4 Å². The van der Waals surface area contributed by atoms with Crippen LogP contribution >= 0.6 is 7.82 Å². The average Bonchev–Trinajstić information content (AvgIpc) is 3.69. The van der Waals surface area contributed by atoms with E-state index in [1.807, 2.05) is 0 Å².